The van der Waals surface area contributed by atoms with Crippen LogP contribution in [0.4, 0.5) is 0 Å². The lowest BCUT2D eigenvalue weighted by atomic mass is 9.94. The SMILES string of the molecule is CNCCCCNC1CCCC1c1ccc(Cl)c(Cl)c1. The number of nitrogens with one attached hydrogen (secondary N) is 2. The predicted molar refractivity (Wildman–Crippen MR) is 88.0 cm³/mol. The van der Waals surface area contributed by atoms with Gasteiger partial charge in [0.25, 0.3) is 0 Å². The number of rotatable bonds is 7. The average molecular weight is 315 g/mol. The summed E-state index contributed by atoms with van der Waals surface area (Å²) in [4.78, 5) is 0. The Hall–Kier alpha value is -0.280. The van der Waals surface area contributed by atoms with E-state index < -0.39 is 0 Å². The quantitative estimate of drug-likeness (QED) is 0.736. The zero-order chi connectivity index (χ0) is 14.4. The van der Waals surface area contributed by atoms with E-state index in [4.69, 9.17) is 23.2 Å². The highest BCUT2D eigenvalue weighted by Gasteiger charge is 2.28. The van der Waals surface area contributed by atoms with Gasteiger partial charge in [-0.2, -0.15) is 0 Å². The molecule has 2 N–H and O–H groups in total. The number of unbranched alkanes of at least 4 members (excludes halogenated alkanes) is 1. The summed E-state index contributed by atoms with van der Waals surface area (Å²) in [6.45, 7) is 2.20. The van der Waals surface area contributed by atoms with Crippen molar-refractivity contribution in [2.24, 2.45) is 0 Å². The van der Waals surface area contributed by atoms with Crippen molar-refractivity contribution in [2.75, 3.05) is 20.1 Å². The smallest absolute Gasteiger partial charge is 0.0595 e. The number of benzene rings is 1. The molecule has 0 saturated heterocycles. The van der Waals surface area contributed by atoms with Crippen LogP contribution >= 0.6 is 23.2 Å². The van der Waals surface area contributed by atoms with Crippen LogP contribution in [0.3, 0.4) is 0 Å². The van der Waals surface area contributed by atoms with Gasteiger partial charge in [0.15, 0.2) is 0 Å². The van der Waals surface area contributed by atoms with Crippen molar-refractivity contribution in [3.05, 3.63) is 33.8 Å². The summed E-state index contributed by atoms with van der Waals surface area (Å²) in [5, 5.41) is 8.22. The van der Waals surface area contributed by atoms with Gasteiger partial charge < -0.3 is 10.6 Å². The van der Waals surface area contributed by atoms with Gasteiger partial charge in [0, 0.05) is 6.04 Å². The first-order valence-corrected chi connectivity index (χ1v) is 8.31. The molecule has 0 bridgehead atoms. The van der Waals surface area contributed by atoms with Gasteiger partial charge in [0.1, 0.15) is 0 Å². The molecule has 4 heteroatoms. The minimum atomic E-state index is 0.578. The standard InChI is InChI=1S/C16H24Cl2N2/c1-19-9-2-3-10-20-16-6-4-5-13(16)12-7-8-14(17)15(18)11-12/h7-8,11,13,16,19-20H,2-6,9-10H2,1H3. The van der Waals surface area contributed by atoms with Crippen molar-refractivity contribution in [3.63, 3.8) is 0 Å². The van der Waals surface area contributed by atoms with Crippen LogP contribution in [0.2, 0.25) is 10.0 Å². The average Bonchev–Trinajstić information content (AvgIpc) is 2.90. The summed E-state index contributed by atoms with van der Waals surface area (Å²) in [6, 6.07) is 6.67. The summed E-state index contributed by atoms with van der Waals surface area (Å²) in [6.07, 6.45) is 6.25. The van der Waals surface area contributed by atoms with Crippen molar-refractivity contribution >= 4 is 23.2 Å². The molecule has 1 fully saturated rings. The number of halogens is 2. The molecular weight excluding hydrogens is 291 g/mol. The first kappa shape index (κ1) is 16.1. The Balaban J connectivity index is 1.88. The molecule has 1 aromatic rings. The minimum Gasteiger partial charge on any atom is -0.320 e. The second kappa shape index (κ2) is 8.23. The molecule has 0 spiro atoms. The van der Waals surface area contributed by atoms with Gasteiger partial charge in [-0.15, -0.1) is 0 Å². The lowest BCUT2D eigenvalue weighted by Gasteiger charge is -2.22. The van der Waals surface area contributed by atoms with Gasteiger partial charge in [0.05, 0.1) is 10.0 Å². The first-order valence-electron chi connectivity index (χ1n) is 7.55. The van der Waals surface area contributed by atoms with Gasteiger partial charge in [-0.1, -0.05) is 35.7 Å². The van der Waals surface area contributed by atoms with Gasteiger partial charge in [-0.05, 0) is 69.4 Å². The van der Waals surface area contributed by atoms with Gasteiger partial charge in [-0.3, -0.25) is 0 Å². The van der Waals surface area contributed by atoms with E-state index in [0.717, 1.165) is 13.1 Å². The monoisotopic (exact) mass is 314 g/mol. The van der Waals surface area contributed by atoms with E-state index in [1.165, 1.54) is 37.7 Å². The molecule has 0 heterocycles. The molecule has 2 nitrogen and oxygen atoms in total. The third-order valence-corrected chi connectivity index (χ3v) is 4.89. The third kappa shape index (κ3) is 4.36. The zero-order valence-electron chi connectivity index (χ0n) is 12.1. The Labute approximate surface area is 132 Å². The molecule has 0 amide bonds. The fraction of sp³-hybridized carbons (Fsp3) is 0.625. The van der Waals surface area contributed by atoms with Crippen LogP contribution in [-0.2, 0) is 0 Å². The minimum absolute atomic E-state index is 0.578. The van der Waals surface area contributed by atoms with Crippen LogP contribution in [0.15, 0.2) is 18.2 Å². The molecule has 1 aliphatic rings. The molecule has 2 atom stereocenters. The Morgan fingerprint density at radius 2 is 1.90 bits per heavy atom. The Morgan fingerprint density at radius 3 is 2.65 bits per heavy atom. The van der Waals surface area contributed by atoms with Crippen molar-refractivity contribution < 1.29 is 0 Å². The molecular formula is C16H24Cl2N2. The summed E-state index contributed by atoms with van der Waals surface area (Å²) in [5.74, 6) is 0.578. The Kier molecular flexibility index (Phi) is 6.63. The fourth-order valence-corrected chi connectivity index (χ4v) is 3.37. The molecule has 2 rings (SSSR count). The van der Waals surface area contributed by atoms with Crippen molar-refractivity contribution in [1.29, 1.82) is 0 Å². The molecule has 20 heavy (non-hydrogen) atoms. The fourth-order valence-electron chi connectivity index (χ4n) is 3.06. The summed E-state index contributed by atoms with van der Waals surface area (Å²) >= 11 is 12.1. The molecule has 1 aliphatic carbocycles. The van der Waals surface area contributed by atoms with Crippen LogP contribution in [0, 0.1) is 0 Å². The van der Waals surface area contributed by atoms with E-state index in [1.807, 2.05) is 19.2 Å². The zero-order valence-corrected chi connectivity index (χ0v) is 13.6. The molecule has 112 valence electrons. The lowest BCUT2D eigenvalue weighted by molar-refractivity contribution is 0.467. The maximum atomic E-state index is 6.14. The van der Waals surface area contributed by atoms with E-state index in [1.54, 1.807) is 0 Å². The number of hydrogen-bond acceptors (Lipinski definition) is 2. The normalized spacial score (nSPS) is 22.4. The van der Waals surface area contributed by atoms with Crippen LogP contribution < -0.4 is 10.6 Å². The largest absolute Gasteiger partial charge is 0.320 e. The Morgan fingerprint density at radius 1 is 1.10 bits per heavy atom. The van der Waals surface area contributed by atoms with E-state index >= 15 is 0 Å². The Bertz CT molecular complexity index is 423. The first-order chi connectivity index (χ1) is 9.72. The highest BCUT2D eigenvalue weighted by molar-refractivity contribution is 6.42. The van der Waals surface area contributed by atoms with Crippen molar-refractivity contribution in [1.82, 2.24) is 10.6 Å². The van der Waals surface area contributed by atoms with Gasteiger partial charge in [-0.25, -0.2) is 0 Å². The lowest BCUT2D eigenvalue weighted by Crippen LogP contribution is -2.32. The molecule has 2 unspecified atom stereocenters. The van der Waals surface area contributed by atoms with E-state index in [2.05, 4.69) is 16.7 Å². The van der Waals surface area contributed by atoms with Crippen LogP contribution in [0.5, 0.6) is 0 Å². The molecule has 1 saturated carbocycles. The predicted octanol–water partition coefficient (Wildman–Crippen LogP) is 4.22. The highest BCUT2D eigenvalue weighted by atomic mass is 35.5. The molecule has 1 aromatic carbocycles. The van der Waals surface area contributed by atoms with Crippen LogP contribution in [0.25, 0.3) is 0 Å². The summed E-state index contributed by atoms with van der Waals surface area (Å²) in [5.41, 5.74) is 1.32. The second-order valence-corrected chi connectivity index (χ2v) is 6.40. The summed E-state index contributed by atoms with van der Waals surface area (Å²) < 4.78 is 0. The second-order valence-electron chi connectivity index (χ2n) is 5.58. The number of hydrogen-bond donors (Lipinski definition) is 2. The third-order valence-electron chi connectivity index (χ3n) is 4.15. The topological polar surface area (TPSA) is 24.1 Å². The van der Waals surface area contributed by atoms with Crippen LogP contribution in [0.1, 0.15) is 43.6 Å². The van der Waals surface area contributed by atoms with Gasteiger partial charge in [0.2, 0.25) is 0 Å². The van der Waals surface area contributed by atoms with Crippen molar-refractivity contribution in [2.45, 2.75) is 44.1 Å². The van der Waals surface area contributed by atoms with Crippen molar-refractivity contribution in [3.8, 4) is 0 Å². The molecule has 0 aromatic heterocycles. The highest BCUT2D eigenvalue weighted by Crippen LogP contribution is 2.36. The summed E-state index contributed by atoms with van der Waals surface area (Å²) in [7, 11) is 2.00. The van der Waals surface area contributed by atoms with E-state index in [0.29, 0.717) is 22.0 Å². The maximum absolute atomic E-state index is 6.14. The van der Waals surface area contributed by atoms with Crippen LogP contribution in [-0.4, -0.2) is 26.2 Å². The van der Waals surface area contributed by atoms with E-state index in [9.17, 15) is 0 Å². The van der Waals surface area contributed by atoms with Gasteiger partial charge >= 0.3 is 0 Å². The maximum Gasteiger partial charge on any atom is 0.0595 e. The molecule has 0 radical (unpaired) electrons. The van der Waals surface area contributed by atoms with E-state index in [-0.39, 0.29) is 0 Å². The molecule has 0 aliphatic heterocycles.